The Balaban J connectivity index is 2.04. The second-order valence-corrected chi connectivity index (χ2v) is 5.18. The van der Waals surface area contributed by atoms with Gasteiger partial charge in [0, 0.05) is 17.8 Å². The van der Waals surface area contributed by atoms with Gasteiger partial charge in [0.25, 0.3) is 5.69 Å². The lowest BCUT2D eigenvalue weighted by Gasteiger charge is -2.09. The first-order chi connectivity index (χ1) is 9.97. The first-order valence-corrected chi connectivity index (χ1v) is 6.91. The SMILES string of the molecule is O=C(Nc1ccc([N+](=O)[O-])cc1)Nc1cccc(Cl)c1Br. The van der Waals surface area contributed by atoms with Crippen molar-refractivity contribution in [2.45, 2.75) is 0 Å². The Labute approximate surface area is 133 Å². The Bertz CT molecular complexity index is 692. The number of anilines is 2. The van der Waals surface area contributed by atoms with E-state index in [9.17, 15) is 14.9 Å². The molecule has 0 aliphatic rings. The lowest BCUT2D eigenvalue weighted by Crippen LogP contribution is -2.19. The molecule has 0 spiro atoms. The fourth-order valence-corrected chi connectivity index (χ4v) is 2.09. The van der Waals surface area contributed by atoms with Crippen LogP contribution in [0.5, 0.6) is 0 Å². The summed E-state index contributed by atoms with van der Waals surface area (Å²) in [4.78, 5) is 21.9. The van der Waals surface area contributed by atoms with E-state index in [1.165, 1.54) is 24.3 Å². The Morgan fingerprint density at radius 2 is 1.81 bits per heavy atom. The van der Waals surface area contributed by atoms with Crippen LogP contribution in [0.15, 0.2) is 46.9 Å². The molecule has 0 bridgehead atoms. The summed E-state index contributed by atoms with van der Waals surface area (Å²) in [5, 5.41) is 16.2. The summed E-state index contributed by atoms with van der Waals surface area (Å²) < 4.78 is 0.575. The molecule has 0 atom stereocenters. The highest BCUT2D eigenvalue weighted by Gasteiger charge is 2.09. The molecule has 0 radical (unpaired) electrons. The first kappa shape index (κ1) is 15.3. The number of hydrogen-bond acceptors (Lipinski definition) is 3. The van der Waals surface area contributed by atoms with Gasteiger partial charge in [-0.2, -0.15) is 0 Å². The van der Waals surface area contributed by atoms with Gasteiger partial charge in [-0.3, -0.25) is 10.1 Å². The van der Waals surface area contributed by atoms with Crippen LogP contribution in [0.4, 0.5) is 21.9 Å². The summed E-state index contributed by atoms with van der Waals surface area (Å²) in [5.41, 5.74) is 0.914. The molecule has 8 heteroatoms. The molecule has 0 saturated heterocycles. The van der Waals surface area contributed by atoms with Crippen LogP contribution in [0.25, 0.3) is 0 Å². The van der Waals surface area contributed by atoms with Crippen molar-refractivity contribution in [2.75, 3.05) is 10.6 Å². The summed E-state index contributed by atoms with van der Waals surface area (Å²) in [6.07, 6.45) is 0. The van der Waals surface area contributed by atoms with Gasteiger partial charge in [0.15, 0.2) is 0 Å². The van der Waals surface area contributed by atoms with Gasteiger partial charge in [-0.15, -0.1) is 0 Å². The summed E-state index contributed by atoms with van der Waals surface area (Å²) >= 11 is 9.19. The largest absolute Gasteiger partial charge is 0.323 e. The van der Waals surface area contributed by atoms with E-state index in [1.807, 2.05) is 0 Å². The molecule has 0 fully saturated rings. The molecule has 0 heterocycles. The number of non-ortho nitro benzene ring substituents is 1. The van der Waals surface area contributed by atoms with Crippen LogP contribution in [0.3, 0.4) is 0 Å². The molecule has 21 heavy (non-hydrogen) atoms. The van der Waals surface area contributed by atoms with E-state index in [4.69, 9.17) is 11.6 Å². The zero-order chi connectivity index (χ0) is 15.4. The molecule has 2 N–H and O–H groups in total. The van der Waals surface area contributed by atoms with Crippen molar-refractivity contribution in [2.24, 2.45) is 0 Å². The maximum absolute atomic E-state index is 11.8. The van der Waals surface area contributed by atoms with Gasteiger partial charge in [-0.05, 0) is 40.2 Å². The second-order valence-electron chi connectivity index (χ2n) is 3.98. The number of rotatable bonds is 3. The smallest absolute Gasteiger partial charge is 0.308 e. The van der Waals surface area contributed by atoms with Crippen molar-refractivity contribution in [3.8, 4) is 0 Å². The summed E-state index contributed by atoms with van der Waals surface area (Å²) in [7, 11) is 0. The second kappa shape index (κ2) is 6.55. The van der Waals surface area contributed by atoms with Gasteiger partial charge in [0.2, 0.25) is 0 Å². The predicted molar refractivity (Wildman–Crippen MR) is 84.9 cm³/mol. The van der Waals surface area contributed by atoms with E-state index < -0.39 is 11.0 Å². The summed E-state index contributed by atoms with van der Waals surface area (Å²) in [6.45, 7) is 0. The summed E-state index contributed by atoms with van der Waals surface area (Å²) in [6, 6.07) is 10.1. The molecule has 2 aromatic rings. The van der Waals surface area contributed by atoms with Gasteiger partial charge in [0.1, 0.15) is 0 Å². The van der Waals surface area contributed by atoms with Crippen molar-refractivity contribution in [3.63, 3.8) is 0 Å². The van der Waals surface area contributed by atoms with Crippen LogP contribution in [0, 0.1) is 10.1 Å². The van der Waals surface area contributed by atoms with Gasteiger partial charge in [-0.25, -0.2) is 4.79 Å². The van der Waals surface area contributed by atoms with Crippen molar-refractivity contribution < 1.29 is 9.72 Å². The third-order valence-corrected chi connectivity index (χ3v) is 3.93. The molecule has 108 valence electrons. The van der Waals surface area contributed by atoms with E-state index in [1.54, 1.807) is 18.2 Å². The molecule has 0 aliphatic carbocycles. The highest BCUT2D eigenvalue weighted by atomic mass is 79.9. The first-order valence-electron chi connectivity index (χ1n) is 5.74. The number of amides is 2. The Kier molecular flexibility index (Phi) is 4.77. The minimum absolute atomic E-state index is 0.0430. The fourth-order valence-electron chi connectivity index (χ4n) is 1.55. The van der Waals surface area contributed by atoms with Crippen LogP contribution in [0.2, 0.25) is 5.02 Å². The van der Waals surface area contributed by atoms with Gasteiger partial charge in [0.05, 0.1) is 20.1 Å². The number of carbonyl (C=O) groups excluding carboxylic acids is 1. The van der Waals surface area contributed by atoms with Crippen LogP contribution >= 0.6 is 27.5 Å². The minimum atomic E-state index is -0.507. The van der Waals surface area contributed by atoms with Gasteiger partial charge >= 0.3 is 6.03 Å². The molecular weight excluding hydrogens is 362 g/mol. The lowest BCUT2D eigenvalue weighted by atomic mass is 10.3. The van der Waals surface area contributed by atoms with Gasteiger partial charge in [-0.1, -0.05) is 17.7 Å². The van der Waals surface area contributed by atoms with Crippen LogP contribution in [0.1, 0.15) is 0 Å². The quantitative estimate of drug-likeness (QED) is 0.609. The number of hydrogen-bond donors (Lipinski definition) is 2. The zero-order valence-corrected chi connectivity index (χ0v) is 12.8. The standard InChI is InChI=1S/C13H9BrClN3O3/c14-12-10(15)2-1-3-11(12)17-13(19)16-8-4-6-9(7-5-8)18(20)21/h1-7H,(H2,16,17,19). The molecule has 0 aromatic heterocycles. The molecule has 0 saturated carbocycles. The lowest BCUT2D eigenvalue weighted by molar-refractivity contribution is -0.384. The normalized spacial score (nSPS) is 10.0. The molecule has 0 aliphatic heterocycles. The topological polar surface area (TPSA) is 84.3 Å². The molecule has 6 nitrogen and oxygen atoms in total. The highest BCUT2D eigenvalue weighted by Crippen LogP contribution is 2.30. The van der Waals surface area contributed by atoms with Crippen LogP contribution < -0.4 is 10.6 Å². The number of nitrogens with one attached hydrogen (secondary N) is 2. The van der Waals surface area contributed by atoms with E-state index in [0.717, 1.165) is 0 Å². The van der Waals surface area contributed by atoms with Crippen LogP contribution in [-0.4, -0.2) is 11.0 Å². The molecular formula is C13H9BrClN3O3. The van der Waals surface area contributed by atoms with Crippen molar-refractivity contribution in [3.05, 3.63) is 62.1 Å². The van der Waals surface area contributed by atoms with Crippen molar-refractivity contribution in [1.82, 2.24) is 0 Å². The summed E-state index contributed by atoms with van der Waals surface area (Å²) in [5.74, 6) is 0. The van der Waals surface area contributed by atoms with E-state index in [0.29, 0.717) is 20.9 Å². The predicted octanol–water partition coefficient (Wildman–Crippen LogP) is 4.65. The number of nitro groups is 1. The average Bonchev–Trinajstić information content (AvgIpc) is 2.44. The maximum Gasteiger partial charge on any atom is 0.323 e. The van der Waals surface area contributed by atoms with Crippen molar-refractivity contribution in [1.29, 1.82) is 0 Å². The number of carbonyl (C=O) groups is 1. The number of nitrogens with zero attached hydrogens (tertiary/aromatic N) is 1. The highest BCUT2D eigenvalue weighted by molar-refractivity contribution is 9.10. The van der Waals surface area contributed by atoms with Crippen LogP contribution in [-0.2, 0) is 0 Å². The number of halogens is 2. The van der Waals surface area contributed by atoms with E-state index in [2.05, 4.69) is 26.6 Å². The Morgan fingerprint density at radius 1 is 1.14 bits per heavy atom. The number of benzene rings is 2. The monoisotopic (exact) mass is 369 g/mol. The molecule has 2 aromatic carbocycles. The van der Waals surface area contributed by atoms with Crippen molar-refractivity contribution >= 4 is 50.6 Å². The number of nitro benzene ring substituents is 1. The number of urea groups is 1. The average molecular weight is 371 g/mol. The molecule has 2 rings (SSSR count). The van der Waals surface area contributed by atoms with E-state index in [-0.39, 0.29) is 5.69 Å². The molecule has 0 unspecified atom stereocenters. The third kappa shape index (κ3) is 3.93. The molecule has 2 amide bonds. The zero-order valence-electron chi connectivity index (χ0n) is 10.5. The Morgan fingerprint density at radius 3 is 2.43 bits per heavy atom. The maximum atomic E-state index is 11.8. The minimum Gasteiger partial charge on any atom is -0.308 e. The third-order valence-electron chi connectivity index (χ3n) is 2.54. The van der Waals surface area contributed by atoms with Gasteiger partial charge < -0.3 is 10.6 Å². The van der Waals surface area contributed by atoms with E-state index >= 15 is 0 Å². The Hall–Kier alpha value is -2.12. The fraction of sp³-hybridized carbons (Fsp3) is 0.